The molecule has 2 N–H and O–H groups in total. The van der Waals surface area contributed by atoms with Crippen molar-refractivity contribution in [2.45, 2.75) is 81.8 Å². The maximum absolute atomic E-state index is 16.1. The maximum atomic E-state index is 16.1. The number of benzene rings is 1. The molecule has 2 atom stereocenters. The van der Waals surface area contributed by atoms with Crippen molar-refractivity contribution in [3.8, 4) is 0 Å². The van der Waals surface area contributed by atoms with E-state index in [0.29, 0.717) is 67.0 Å². The molecule has 4 aliphatic rings. The number of hydrogen-bond donors (Lipinski definition) is 2. The normalized spacial score (nSPS) is 23.5. The van der Waals surface area contributed by atoms with Gasteiger partial charge in [-0.3, -0.25) is 38.4 Å². The lowest BCUT2D eigenvalue weighted by Gasteiger charge is -2.44. The molecule has 0 radical (unpaired) electrons. The summed E-state index contributed by atoms with van der Waals surface area (Å²) in [4.78, 5) is 61.3. The first-order valence-electron chi connectivity index (χ1n) is 20.4. The quantitative estimate of drug-likeness (QED) is 0.151. The number of rotatable bonds is 10. The van der Waals surface area contributed by atoms with Crippen molar-refractivity contribution in [1.82, 2.24) is 43.7 Å². The number of aromatic nitrogens is 7. The number of alkyl halides is 4. The fraction of sp³-hybridized carbons (Fsp3) is 0.525. The minimum absolute atomic E-state index is 0.0889. The summed E-state index contributed by atoms with van der Waals surface area (Å²) < 4.78 is 66.4. The molecule has 3 amide bonds. The van der Waals surface area contributed by atoms with Gasteiger partial charge in [-0.2, -0.15) is 10.2 Å². The van der Waals surface area contributed by atoms with Gasteiger partial charge in [-0.15, -0.1) is 0 Å². The van der Waals surface area contributed by atoms with E-state index < -0.39 is 60.1 Å². The monoisotopic (exact) mass is 834 g/mol. The van der Waals surface area contributed by atoms with Gasteiger partial charge in [0.25, 0.3) is 18.3 Å². The number of amides is 3. The Morgan fingerprint density at radius 2 is 1.82 bits per heavy atom. The molecule has 3 aliphatic heterocycles. The maximum Gasteiger partial charge on any atom is 0.329 e. The molecule has 16 nitrogen and oxygen atoms in total. The summed E-state index contributed by atoms with van der Waals surface area (Å²) in [6.45, 7) is 1.91. The lowest BCUT2D eigenvalue weighted by atomic mass is 9.85. The fourth-order valence-corrected chi connectivity index (χ4v) is 9.49. The van der Waals surface area contributed by atoms with Gasteiger partial charge < -0.3 is 15.1 Å². The molecule has 4 fully saturated rings. The molecule has 0 bridgehead atoms. The lowest BCUT2D eigenvalue weighted by molar-refractivity contribution is -0.135. The van der Waals surface area contributed by atoms with Crippen molar-refractivity contribution in [3.63, 3.8) is 0 Å². The third-order valence-electron chi connectivity index (χ3n) is 12.8. The van der Waals surface area contributed by atoms with Crippen LogP contribution in [0.2, 0.25) is 0 Å². The fourth-order valence-electron chi connectivity index (χ4n) is 9.49. The summed E-state index contributed by atoms with van der Waals surface area (Å²) in [5.74, 6) is -3.88. The highest BCUT2D eigenvalue weighted by Gasteiger charge is 2.47. The topological polar surface area (TPSA) is 160 Å². The molecule has 1 saturated carbocycles. The molecule has 7 heterocycles. The zero-order valence-electron chi connectivity index (χ0n) is 33.2. The number of nitrogens with one attached hydrogen (secondary N) is 2. The van der Waals surface area contributed by atoms with Gasteiger partial charge in [0.1, 0.15) is 17.4 Å². The van der Waals surface area contributed by atoms with Gasteiger partial charge in [0.2, 0.25) is 11.8 Å². The molecule has 20 heteroatoms. The van der Waals surface area contributed by atoms with Crippen molar-refractivity contribution in [1.29, 1.82) is 0 Å². The molecule has 5 aromatic rings. The zero-order chi connectivity index (χ0) is 42.0. The Balaban J connectivity index is 0.830. The number of piperidine rings is 2. The Morgan fingerprint density at radius 3 is 2.52 bits per heavy atom. The Labute approximate surface area is 341 Å². The minimum atomic E-state index is -3.10. The van der Waals surface area contributed by atoms with Gasteiger partial charge in [0, 0.05) is 52.0 Å². The van der Waals surface area contributed by atoms with E-state index in [1.807, 2.05) is 6.07 Å². The zero-order valence-corrected chi connectivity index (χ0v) is 33.2. The number of fused-ring (bicyclic) bond motifs is 2. The predicted molar refractivity (Wildman–Crippen MR) is 213 cm³/mol. The highest BCUT2D eigenvalue weighted by Crippen LogP contribution is 2.39. The number of para-hydroxylation sites is 1. The van der Waals surface area contributed by atoms with Crippen LogP contribution in [-0.4, -0.2) is 108 Å². The largest absolute Gasteiger partial charge is 0.364 e. The molecule has 3 saturated heterocycles. The van der Waals surface area contributed by atoms with Crippen LogP contribution < -0.4 is 26.1 Å². The van der Waals surface area contributed by atoms with Gasteiger partial charge in [0.05, 0.1) is 47.2 Å². The molecular formula is C40H46F4N12O4. The van der Waals surface area contributed by atoms with Gasteiger partial charge >= 0.3 is 5.69 Å². The second kappa shape index (κ2) is 15.3. The molecule has 318 valence electrons. The number of carbonyl (C=O) groups is 3. The number of nitrogens with zero attached hydrogens (tertiary/aromatic N) is 10. The van der Waals surface area contributed by atoms with Crippen LogP contribution in [0.4, 0.5) is 34.8 Å². The third kappa shape index (κ3) is 7.07. The number of hydrogen-bond acceptors (Lipinski definition) is 10. The smallest absolute Gasteiger partial charge is 0.329 e. The SMILES string of the molecule is CN(CC1CCC(n2cc(NC(=O)c3cnn4ccc(N5CCC5)nc34)c(C(F)F)n2)CC1)C1CCN(c2cccc3c2n(C)c(=O)n3C2CCC(=O)NC2=O)CC1(F)F. The van der Waals surface area contributed by atoms with Crippen molar-refractivity contribution >= 4 is 51.6 Å². The Bertz CT molecular complexity index is 2540. The minimum Gasteiger partial charge on any atom is -0.364 e. The number of anilines is 3. The van der Waals surface area contributed by atoms with Crippen molar-refractivity contribution < 1.29 is 31.9 Å². The number of carbonyl (C=O) groups excluding carboxylic acids is 3. The molecule has 4 aromatic heterocycles. The van der Waals surface area contributed by atoms with Gasteiger partial charge in [-0.1, -0.05) is 6.07 Å². The van der Waals surface area contributed by atoms with Crippen LogP contribution in [0.15, 0.2) is 47.7 Å². The molecule has 2 unspecified atom stereocenters. The second-order valence-electron chi connectivity index (χ2n) is 16.5. The molecule has 60 heavy (non-hydrogen) atoms. The standard InChI is InChI=1S/C40H46F4N12O4/c1-50(30-13-17-53(22-40(30,43)44)27-5-3-6-28-34(27)51(2)39(60)56(28)29-11-12-32(57)48-38(29)59)20-23-7-9-24(10-8-23)55-21-26(33(49-55)35(41)42)46-37(58)25-19-45-54-18-14-31(47-36(25)54)52-15-4-16-52/h3,5-6,14,18-19,21,23-24,29-30,35H,4,7-13,15-17,20,22H2,1-2H3,(H,46,58)(H,48,57,59). The molecule has 1 aliphatic carbocycles. The molecular weight excluding hydrogens is 789 g/mol. The van der Waals surface area contributed by atoms with Crippen LogP contribution in [-0.2, 0) is 16.6 Å². The summed E-state index contributed by atoms with van der Waals surface area (Å²) in [6, 6.07) is 4.77. The molecule has 0 spiro atoms. The summed E-state index contributed by atoms with van der Waals surface area (Å²) in [5, 5.41) is 13.3. The van der Waals surface area contributed by atoms with Crippen LogP contribution in [0.25, 0.3) is 16.7 Å². The van der Waals surface area contributed by atoms with E-state index in [9.17, 15) is 28.0 Å². The Hall–Kier alpha value is -5.79. The summed E-state index contributed by atoms with van der Waals surface area (Å²) in [5.41, 5.74) is 0.730. The number of imide groups is 1. The highest BCUT2D eigenvalue weighted by atomic mass is 19.3. The Morgan fingerprint density at radius 1 is 1.03 bits per heavy atom. The molecule has 1 aromatic carbocycles. The highest BCUT2D eigenvalue weighted by molar-refractivity contribution is 6.08. The number of imidazole rings is 1. The molecule has 9 rings (SSSR count). The van der Waals surface area contributed by atoms with Gasteiger partial charge in [-0.05, 0) is 76.1 Å². The van der Waals surface area contributed by atoms with Crippen LogP contribution >= 0.6 is 0 Å². The lowest BCUT2D eigenvalue weighted by Crippen LogP contribution is -2.58. The van der Waals surface area contributed by atoms with E-state index in [2.05, 4.69) is 30.7 Å². The summed E-state index contributed by atoms with van der Waals surface area (Å²) >= 11 is 0. The first-order valence-corrected chi connectivity index (χ1v) is 20.4. The van der Waals surface area contributed by atoms with E-state index in [1.54, 1.807) is 48.3 Å². The van der Waals surface area contributed by atoms with Crippen LogP contribution in [0.1, 0.15) is 85.9 Å². The van der Waals surface area contributed by atoms with Crippen LogP contribution in [0.3, 0.4) is 0 Å². The van der Waals surface area contributed by atoms with E-state index >= 15 is 8.78 Å². The van der Waals surface area contributed by atoms with E-state index in [0.717, 1.165) is 19.5 Å². The first kappa shape index (κ1) is 39.7. The number of aryl methyl sites for hydroxylation is 1. The van der Waals surface area contributed by atoms with Crippen LogP contribution in [0, 0.1) is 5.92 Å². The van der Waals surface area contributed by atoms with E-state index in [4.69, 9.17) is 0 Å². The summed E-state index contributed by atoms with van der Waals surface area (Å²) in [7, 11) is 3.27. The number of halogens is 4. The van der Waals surface area contributed by atoms with E-state index in [-0.39, 0.29) is 42.5 Å². The van der Waals surface area contributed by atoms with Crippen LogP contribution in [0.5, 0.6) is 0 Å². The van der Waals surface area contributed by atoms with Gasteiger partial charge in [-0.25, -0.2) is 31.9 Å². The summed E-state index contributed by atoms with van der Waals surface area (Å²) in [6.07, 6.45) is 5.61. The first-order chi connectivity index (χ1) is 28.8. The van der Waals surface area contributed by atoms with Crippen molar-refractivity contribution in [2.75, 3.05) is 54.9 Å². The average Bonchev–Trinajstić information content (AvgIpc) is 3.88. The van der Waals surface area contributed by atoms with Gasteiger partial charge in [0.15, 0.2) is 11.3 Å². The average molecular weight is 835 g/mol. The third-order valence-corrected chi connectivity index (χ3v) is 12.8. The second-order valence-corrected chi connectivity index (χ2v) is 16.5. The Kier molecular flexibility index (Phi) is 10.1. The van der Waals surface area contributed by atoms with Crippen molar-refractivity contribution in [2.24, 2.45) is 13.0 Å². The van der Waals surface area contributed by atoms with Crippen molar-refractivity contribution in [3.05, 3.63) is 64.6 Å². The predicted octanol–water partition coefficient (Wildman–Crippen LogP) is 4.53. The van der Waals surface area contributed by atoms with E-state index in [1.165, 1.54) is 30.7 Å².